The van der Waals surface area contributed by atoms with Crippen LogP contribution in [-0.4, -0.2) is 65.0 Å². The van der Waals surface area contributed by atoms with Crippen LogP contribution >= 0.6 is 0 Å². The van der Waals surface area contributed by atoms with E-state index in [9.17, 15) is 23.1 Å². The van der Waals surface area contributed by atoms with Crippen molar-refractivity contribution < 1.29 is 23.1 Å². The van der Waals surface area contributed by atoms with Gasteiger partial charge in [-0.3, -0.25) is 9.59 Å². The van der Waals surface area contributed by atoms with E-state index in [0.29, 0.717) is 12.8 Å². The molecule has 2 bridgehead atoms. The normalized spacial score (nSPS) is 34.7. The van der Waals surface area contributed by atoms with E-state index in [4.69, 9.17) is 0 Å². The highest BCUT2D eigenvalue weighted by Gasteiger charge is 2.57. The van der Waals surface area contributed by atoms with Gasteiger partial charge in [0.15, 0.2) is 0 Å². The van der Waals surface area contributed by atoms with Crippen molar-refractivity contribution in [3.8, 4) is 0 Å². The van der Waals surface area contributed by atoms with E-state index in [2.05, 4.69) is 0 Å². The molecular weight excluding hydrogens is 332 g/mol. The lowest BCUT2D eigenvalue weighted by atomic mass is 9.89. The van der Waals surface area contributed by atoms with E-state index in [-0.39, 0.29) is 31.0 Å². The van der Waals surface area contributed by atoms with Crippen molar-refractivity contribution >= 4 is 21.9 Å². The fourth-order valence-electron chi connectivity index (χ4n) is 5.01. The maximum absolute atomic E-state index is 12.9. The smallest absolute Gasteiger partial charge is 0.308 e. The van der Waals surface area contributed by atoms with Crippen LogP contribution in [0.5, 0.6) is 0 Å². The number of hydrogen-bond acceptors (Lipinski definition) is 4. The van der Waals surface area contributed by atoms with Gasteiger partial charge in [0.25, 0.3) is 0 Å². The summed E-state index contributed by atoms with van der Waals surface area (Å²) >= 11 is 0. The second-order valence-corrected chi connectivity index (χ2v) is 9.82. The number of hydrogen-bond donors (Lipinski definition) is 1. The maximum atomic E-state index is 12.9. The number of fused-ring (bicyclic) bond motifs is 2. The Morgan fingerprint density at radius 1 is 1.00 bits per heavy atom. The number of sulfonamides is 1. The number of likely N-dealkylation sites (tertiary alicyclic amines) is 1. The number of carbonyl (C=O) groups excluding carboxylic acids is 1. The number of carboxylic acid groups (broad SMARTS) is 1. The van der Waals surface area contributed by atoms with Crippen molar-refractivity contribution in [1.82, 2.24) is 9.21 Å². The van der Waals surface area contributed by atoms with Gasteiger partial charge in [-0.25, -0.2) is 8.42 Å². The molecule has 1 amide bonds. The Morgan fingerprint density at radius 2 is 1.67 bits per heavy atom. The largest absolute Gasteiger partial charge is 0.481 e. The van der Waals surface area contributed by atoms with Crippen LogP contribution in [0.15, 0.2) is 0 Å². The molecule has 7 nitrogen and oxygen atoms in total. The van der Waals surface area contributed by atoms with Crippen molar-refractivity contribution in [2.45, 2.75) is 62.3 Å². The van der Waals surface area contributed by atoms with E-state index in [0.717, 1.165) is 32.1 Å². The average Bonchev–Trinajstić information content (AvgIpc) is 3.20. The molecule has 4 rings (SSSR count). The number of aliphatic carboxylic acids is 1. The molecule has 3 heterocycles. The van der Waals surface area contributed by atoms with Crippen LogP contribution in [-0.2, 0) is 19.6 Å². The highest BCUT2D eigenvalue weighted by molar-refractivity contribution is 7.89. The van der Waals surface area contributed by atoms with Gasteiger partial charge in [0.05, 0.1) is 5.92 Å². The molecule has 4 fully saturated rings. The molecule has 24 heavy (non-hydrogen) atoms. The quantitative estimate of drug-likeness (QED) is 0.798. The minimum absolute atomic E-state index is 0.0769. The lowest BCUT2D eigenvalue weighted by Crippen LogP contribution is -2.61. The van der Waals surface area contributed by atoms with Gasteiger partial charge in [0.1, 0.15) is 5.25 Å². The Hall–Kier alpha value is -1.15. The summed E-state index contributed by atoms with van der Waals surface area (Å²) in [7, 11) is -3.52. The number of nitrogens with zero attached hydrogens (tertiary/aromatic N) is 2. The molecule has 1 aliphatic carbocycles. The van der Waals surface area contributed by atoms with Crippen molar-refractivity contribution in [2.75, 3.05) is 13.1 Å². The predicted octanol–water partition coefficient (Wildman–Crippen LogP) is 0.655. The van der Waals surface area contributed by atoms with Gasteiger partial charge in [0.2, 0.25) is 15.9 Å². The zero-order chi connectivity index (χ0) is 17.1. The summed E-state index contributed by atoms with van der Waals surface area (Å²) in [4.78, 5) is 25.3. The summed E-state index contributed by atoms with van der Waals surface area (Å²) in [5.74, 6) is -1.29. The molecule has 134 valence electrons. The van der Waals surface area contributed by atoms with Crippen molar-refractivity contribution in [1.29, 1.82) is 0 Å². The summed E-state index contributed by atoms with van der Waals surface area (Å²) in [6.07, 6.45) is 5.83. The molecule has 0 aromatic carbocycles. The van der Waals surface area contributed by atoms with Gasteiger partial charge in [-0.1, -0.05) is 12.8 Å². The SMILES string of the molecule is O=C(O)C1CC2CCC1N2S(=O)(=O)C1CN(C(=O)C2CCCC2)C1. The maximum Gasteiger partial charge on any atom is 0.308 e. The number of carboxylic acids is 1. The van der Waals surface area contributed by atoms with Gasteiger partial charge in [0, 0.05) is 31.1 Å². The van der Waals surface area contributed by atoms with Crippen LogP contribution in [0.1, 0.15) is 44.9 Å². The van der Waals surface area contributed by atoms with E-state index >= 15 is 0 Å². The third-order valence-electron chi connectivity index (χ3n) is 6.37. The highest BCUT2D eigenvalue weighted by atomic mass is 32.2. The zero-order valence-electron chi connectivity index (χ0n) is 13.6. The molecule has 0 aromatic rings. The zero-order valence-corrected chi connectivity index (χ0v) is 14.5. The molecule has 3 aliphatic heterocycles. The van der Waals surface area contributed by atoms with E-state index < -0.39 is 33.2 Å². The van der Waals surface area contributed by atoms with Crippen molar-refractivity contribution in [3.63, 3.8) is 0 Å². The molecule has 3 atom stereocenters. The average molecular weight is 356 g/mol. The highest BCUT2D eigenvalue weighted by Crippen LogP contribution is 2.45. The fourth-order valence-corrected chi connectivity index (χ4v) is 7.33. The second kappa shape index (κ2) is 5.69. The Bertz CT molecular complexity index is 651. The molecule has 4 aliphatic rings. The second-order valence-electron chi connectivity index (χ2n) is 7.70. The van der Waals surface area contributed by atoms with Crippen LogP contribution in [0.3, 0.4) is 0 Å². The van der Waals surface area contributed by atoms with E-state index in [1.807, 2.05) is 0 Å². The monoisotopic (exact) mass is 356 g/mol. The molecule has 3 unspecified atom stereocenters. The Balaban J connectivity index is 1.42. The molecule has 8 heteroatoms. The Morgan fingerprint density at radius 3 is 2.25 bits per heavy atom. The van der Waals surface area contributed by atoms with E-state index in [1.165, 1.54) is 4.31 Å². The van der Waals surface area contributed by atoms with Crippen molar-refractivity contribution in [3.05, 3.63) is 0 Å². The van der Waals surface area contributed by atoms with Crippen LogP contribution in [0.4, 0.5) is 0 Å². The third-order valence-corrected chi connectivity index (χ3v) is 8.67. The van der Waals surface area contributed by atoms with Gasteiger partial charge in [-0.15, -0.1) is 0 Å². The molecule has 0 spiro atoms. The van der Waals surface area contributed by atoms with Crippen LogP contribution in [0, 0.1) is 11.8 Å². The first kappa shape index (κ1) is 16.3. The topological polar surface area (TPSA) is 95.0 Å². The molecule has 1 saturated carbocycles. The standard InChI is InChI=1S/C16H24N2O5S/c19-15(10-3-1-2-4-10)17-8-12(9-17)24(22,23)18-11-5-6-14(18)13(7-11)16(20)21/h10-14H,1-9H2,(H,20,21). The van der Waals surface area contributed by atoms with Gasteiger partial charge < -0.3 is 10.0 Å². The molecule has 0 aromatic heterocycles. The first-order valence-corrected chi connectivity index (χ1v) is 10.4. The van der Waals surface area contributed by atoms with Crippen LogP contribution in [0.2, 0.25) is 0 Å². The Kier molecular flexibility index (Phi) is 3.87. The molecule has 1 N–H and O–H groups in total. The minimum Gasteiger partial charge on any atom is -0.481 e. The Labute approximate surface area is 142 Å². The van der Waals surface area contributed by atoms with Crippen molar-refractivity contribution in [2.24, 2.45) is 11.8 Å². The number of amides is 1. The summed E-state index contributed by atoms with van der Waals surface area (Å²) in [6, 6.07) is -0.558. The minimum atomic E-state index is -3.52. The summed E-state index contributed by atoms with van der Waals surface area (Å²) in [5.41, 5.74) is 0. The summed E-state index contributed by atoms with van der Waals surface area (Å²) in [6.45, 7) is 0.538. The number of carbonyl (C=O) groups is 2. The van der Waals surface area contributed by atoms with Crippen LogP contribution < -0.4 is 0 Å². The van der Waals surface area contributed by atoms with Gasteiger partial charge in [-0.05, 0) is 32.1 Å². The lowest BCUT2D eigenvalue weighted by Gasteiger charge is -2.42. The molecule has 0 radical (unpaired) electrons. The first-order valence-electron chi connectivity index (χ1n) is 8.93. The van der Waals surface area contributed by atoms with Crippen LogP contribution in [0.25, 0.3) is 0 Å². The number of rotatable bonds is 4. The first-order chi connectivity index (χ1) is 11.4. The predicted molar refractivity (Wildman–Crippen MR) is 85.6 cm³/mol. The summed E-state index contributed by atoms with van der Waals surface area (Å²) in [5, 5.41) is 8.73. The van der Waals surface area contributed by atoms with E-state index in [1.54, 1.807) is 4.90 Å². The lowest BCUT2D eigenvalue weighted by molar-refractivity contribution is -0.142. The van der Waals surface area contributed by atoms with Gasteiger partial charge in [-0.2, -0.15) is 4.31 Å². The molecule has 3 saturated heterocycles. The molecular formula is C16H24N2O5S. The summed E-state index contributed by atoms with van der Waals surface area (Å²) < 4.78 is 27.3. The van der Waals surface area contributed by atoms with Gasteiger partial charge >= 0.3 is 5.97 Å². The fraction of sp³-hybridized carbons (Fsp3) is 0.875. The third kappa shape index (κ3) is 2.37.